The number of carboxylic acid groups (broad SMARTS) is 1. The summed E-state index contributed by atoms with van der Waals surface area (Å²) in [6.07, 6.45) is 3.94. The number of rotatable bonds is 0. The zero-order valence-corrected chi connectivity index (χ0v) is 10.0. The van der Waals surface area contributed by atoms with E-state index in [4.69, 9.17) is 10.5 Å². The van der Waals surface area contributed by atoms with Gasteiger partial charge in [-0.3, -0.25) is 15.3 Å². The summed E-state index contributed by atoms with van der Waals surface area (Å²) < 4.78 is 0. The largest absolute Gasteiger partial charge is 0.465 e. The molecule has 0 radical (unpaired) electrons. The lowest BCUT2D eigenvalue weighted by molar-refractivity contribution is 0.147. The van der Waals surface area contributed by atoms with Gasteiger partial charge in [-0.15, -0.1) is 0 Å². The number of pyridine rings is 1. The Morgan fingerprint density at radius 3 is 2.94 bits per heavy atom. The standard InChI is InChI=1S/C13H15N3O2/c14-11-8-13(3-5-16(11)12(17)18)6-9-2-1-4-15-10(9)7-13/h1-2,4,14H,3,5-8H2,(H,17,18). The predicted molar refractivity (Wildman–Crippen MR) is 65.8 cm³/mol. The molecule has 1 aromatic heterocycles. The van der Waals surface area contributed by atoms with E-state index in [1.807, 2.05) is 6.07 Å². The number of hydrogen-bond acceptors (Lipinski definition) is 3. The van der Waals surface area contributed by atoms with E-state index in [-0.39, 0.29) is 11.3 Å². The van der Waals surface area contributed by atoms with Crippen molar-refractivity contribution >= 4 is 11.9 Å². The van der Waals surface area contributed by atoms with Crippen LogP contribution >= 0.6 is 0 Å². The molecule has 2 heterocycles. The van der Waals surface area contributed by atoms with Gasteiger partial charge in [0, 0.05) is 24.9 Å². The summed E-state index contributed by atoms with van der Waals surface area (Å²) in [7, 11) is 0. The van der Waals surface area contributed by atoms with Gasteiger partial charge in [0.15, 0.2) is 0 Å². The molecule has 3 rings (SSSR count). The summed E-state index contributed by atoms with van der Waals surface area (Å²) in [6, 6.07) is 4.03. The van der Waals surface area contributed by atoms with Gasteiger partial charge in [-0.2, -0.15) is 0 Å². The van der Waals surface area contributed by atoms with Crippen molar-refractivity contribution in [2.24, 2.45) is 5.41 Å². The van der Waals surface area contributed by atoms with Gasteiger partial charge >= 0.3 is 6.09 Å². The lowest BCUT2D eigenvalue weighted by Gasteiger charge is -2.38. The highest BCUT2D eigenvalue weighted by Crippen LogP contribution is 2.44. The molecule has 1 amide bonds. The summed E-state index contributed by atoms with van der Waals surface area (Å²) in [6.45, 7) is 0.433. The third-order valence-corrected chi connectivity index (χ3v) is 4.06. The molecule has 5 nitrogen and oxygen atoms in total. The van der Waals surface area contributed by atoms with Crippen molar-refractivity contribution in [1.82, 2.24) is 9.88 Å². The molecule has 1 aromatic rings. The van der Waals surface area contributed by atoms with Crippen LogP contribution < -0.4 is 0 Å². The van der Waals surface area contributed by atoms with Gasteiger partial charge in [-0.05, 0) is 36.3 Å². The maximum atomic E-state index is 11.0. The van der Waals surface area contributed by atoms with Crippen LogP contribution in [-0.4, -0.2) is 33.5 Å². The Morgan fingerprint density at radius 1 is 1.44 bits per heavy atom. The topological polar surface area (TPSA) is 77.3 Å². The fourth-order valence-corrected chi connectivity index (χ4v) is 3.15. The summed E-state index contributed by atoms with van der Waals surface area (Å²) in [5.74, 6) is 0.224. The van der Waals surface area contributed by atoms with Crippen molar-refractivity contribution in [3.63, 3.8) is 0 Å². The first-order valence-corrected chi connectivity index (χ1v) is 6.10. The summed E-state index contributed by atoms with van der Waals surface area (Å²) in [4.78, 5) is 16.5. The number of carbonyl (C=O) groups is 1. The summed E-state index contributed by atoms with van der Waals surface area (Å²) in [5.41, 5.74) is 2.41. The minimum absolute atomic E-state index is 0.0275. The minimum Gasteiger partial charge on any atom is -0.465 e. The third kappa shape index (κ3) is 1.66. The average Bonchev–Trinajstić information content (AvgIpc) is 2.65. The highest BCUT2D eigenvalue weighted by atomic mass is 16.4. The Hall–Kier alpha value is -1.91. The number of hydrogen-bond donors (Lipinski definition) is 2. The van der Waals surface area contributed by atoms with E-state index in [1.165, 1.54) is 5.56 Å². The molecule has 1 unspecified atom stereocenters. The molecule has 0 bridgehead atoms. The first-order valence-electron chi connectivity index (χ1n) is 6.10. The van der Waals surface area contributed by atoms with Crippen molar-refractivity contribution in [3.05, 3.63) is 29.6 Å². The molecule has 1 atom stereocenters. The van der Waals surface area contributed by atoms with Crippen molar-refractivity contribution in [1.29, 1.82) is 5.41 Å². The van der Waals surface area contributed by atoms with E-state index in [0.717, 1.165) is 29.9 Å². The van der Waals surface area contributed by atoms with E-state index in [9.17, 15) is 4.79 Å². The van der Waals surface area contributed by atoms with Gasteiger partial charge in [0.1, 0.15) is 5.84 Å². The molecule has 1 fully saturated rings. The number of amides is 1. The van der Waals surface area contributed by atoms with Crippen LogP contribution in [0, 0.1) is 10.8 Å². The SMILES string of the molecule is N=C1CC2(CCN1C(=O)O)Cc1cccnc1C2. The van der Waals surface area contributed by atoms with Crippen LogP contribution in [0.4, 0.5) is 4.79 Å². The van der Waals surface area contributed by atoms with E-state index in [2.05, 4.69) is 11.1 Å². The van der Waals surface area contributed by atoms with Gasteiger partial charge in [-0.1, -0.05) is 6.07 Å². The molecule has 18 heavy (non-hydrogen) atoms. The van der Waals surface area contributed by atoms with Crippen LogP contribution in [0.3, 0.4) is 0 Å². The number of piperidine rings is 1. The van der Waals surface area contributed by atoms with E-state index in [1.54, 1.807) is 6.20 Å². The van der Waals surface area contributed by atoms with Crippen LogP contribution in [0.15, 0.2) is 18.3 Å². The van der Waals surface area contributed by atoms with E-state index >= 15 is 0 Å². The van der Waals surface area contributed by atoms with E-state index in [0.29, 0.717) is 13.0 Å². The number of amidine groups is 1. The molecule has 1 aliphatic heterocycles. The molecule has 0 aromatic carbocycles. The van der Waals surface area contributed by atoms with Crippen molar-refractivity contribution in [2.75, 3.05) is 6.54 Å². The zero-order chi connectivity index (χ0) is 12.8. The lowest BCUT2D eigenvalue weighted by atomic mass is 9.75. The summed E-state index contributed by atoms with van der Waals surface area (Å²) >= 11 is 0. The normalized spacial score (nSPS) is 26.4. The van der Waals surface area contributed by atoms with Gasteiger partial charge in [0.05, 0.1) is 0 Å². The van der Waals surface area contributed by atoms with Crippen LogP contribution in [0.2, 0.25) is 0 Å². The second-order valence-electron chi connectivity index (χ2n) is 5.27. The quantitative estimate of drug-likeness (QED) is 0.733. The lowest BCUT2D eigenvalue weighted by Crippen LogP contribution is -2.46. The number of aromatic nitrogens is 1. The fraction of sp³-hybridized carbons (Fsp3) is 0.462. The smallest absolute Gasteiger partial charge is 0.412 e. The van der Waals surface area contributed by atoms with Crippen molar-refractivity contribution < 1.29 is 9.90 Å². The second kappa shape index (κ2) is 3.80. The molecule has 1 spiro atoms. The summed E-state index contributed by atoms with van der Waals surface area (Å²) in [5, 5.41) is 16.9. The predicted octanol–water partition coefficient (Wildman–Crippen LogP) is 1.92. The van der Waals surface area contributed by atoms with Crippen LogP contribution in [0.5, 0.6) is 0 Å². The molecule has 2 N–H and O–H groups in total. The fourth-order valence-electron chi connectivity index (χ4n) is 3.15. The Kier molecular flexibility index (Phi) is 2.36. The molecular weight excluding hydrogens is 230 g/mol. The highest BCUT2D eigenvalue weighted by molar-refractivity contribution is 5.93. The maximum Gasteiger partial charge on any atom is 0.412 e. The number of likely N-dealkylation sites (tertiary alicyclic amines) is 1. The van der Waals surface area contributed by atoms with Gasteiger partial charge in [0.2, 0.25) is 0 Å². The van der Waals surface area contributed by atoms with Gasteiger partial charge in [-0.25, -0.2) is 4.79 Å². The Bertz CT molecular complexity index is 502. The first-order chi connectivity index (χ1) is 8.60. The van der Waals surface area contributed by atoms with Crippen LogP contribution in [0.25, 0.3) is 0 Å². The Morgan fingerprint density at radius 2 is 2.28 bits per heavy atom. The molecule has 2 aliphatic rings. The molecule has 1 aliphatic carbocycles. The highest BCUT2D eigenvalue weighted by Gasteiger charge is 2.43. The molecule has 94 valence electrons. The first kappa shape index (κ1) is 11.2. The Balaban J connectivity index is 1.81. The minimum atomic E-state index is -1.01. The van der Waals surface area contributed by atoms with Crippen LogP contribution in [0.1, 0.15) is 24.1 Å². The average molecular weight is 245 g/mol. The van der Waals surface area contributed by atoms with E-state index < -0.39 is 6.09 Å². The number of nitrogens with zero attached hydrogens (tertiary/aromatic N) is 2. The van der Waals surface area contributed by atoms with Gasteiger partial charge in [0.25, 0.3) is 0 Å². The van der Waals surface area contributed by atoms with Crippen molar-refractivity contribution in [2.45, 2.75) is 25.7 Å². The second-order valence-corrected chi connectivity index (χ2v) is 5.27. The maximum absolute atomic E-state index is 11.0. The molecule has 1 saturated heterocycles. The molecule has 0 saturated carbocycles. The number of fused-ring (bicyclic) bond motifs is 1. The zero-order valence-electron chi connectivity index (χ0n) is 10.0. The Labute approximate surface area is 105 Å². The monoisotopic (exact) mass is 245 g/mol. The van der Waals surface area contributed by atoms with Gasteiger partial charge < -0.3 is 5.11 Å². The van der Waals surface area contributed by atoms with Crippen LogP contribution in [-0.2, 0) is 12.8 Å². The molecular formula is C13H15N3O2. The van der Waals surface area contributed by atoms with Crippen molar-refractivity contribution in [3.8, 4) is 0 Å². The molecule has 5 heteroatoms. The number of nitrogens with one attached hydrogen (secondary N) is 1. The third-order valence-electron chi connectivity index (χ3n) is 4.06.